The zero-order chi connectivity index (χ0) is 24.9. The average molecular weight is 506 g/mol. The summed E-state index contributed by atoms with van der Waals surface area (Å²) < 4.78 is 34.7. The minimum atomic E-state index is -0.332. The van der Waals surface area contributed by atoms with Gasteiger partial charge in [-0.05, 0) is 50.5 Å². The predicted octanol–water partition coefficient (Wildman–Crippen LogP) is 6.86. The topological polar surface area (TPSA) is 37.2 Å². The van der Waals surface area contributed by atoms with E-state index in [1.54, 1.807) is 12.7 Å². The van der Waals surface area contributed by atoms with E-state index in [-0.39, 0.29) is 17.7 Å². The molecule has 1 aliphatic carbocycles. The van der Waals surface area contributed by atoms with Crippen LogP contribution in [0.1, 0.15) is 84.2 Å². The fourth-order valence-electron chi connectivity index (χ4n) is 5.92. The maximum absolute atomic E-state index is 15.2. The molecule has 0 radical (unpaired) electrons. The Bertz CT molecular complexity index is 934. The fraction of sp³-hybridized carbons (Fsp3) is 0.704. The Morgan fingerprint density at radius 1 is 0.914 bits per heavy atom. The normalized spacial score (nSPS) is 28.1. The maximum atomic E-state index is 15.2. The quantitative estimate of drug-likeness (QED) is 0.415. The smallest absolute Gasteiger partial charge is 0.147 e. The van der Waals surface area contributed by atoms with E-state index in [9.17, 15) is 0 Å². The van der Waals surface area contributed by atoms with Crippen LogP contribution in [0.25, 0.3) is 0 Å². The van der Waals surface area contributed by atoms with Crippen molar-refractivity contribution in [3.05, 3.63) is 42.0 Å². The first-order valence-corrected chi connectivity index (χ1v) is 14.3. The number of aromatic nitrogens is 3. The Kier molecular flexibility index (Phi) is 9.08. The molecule has 2 aliphatic heterocycles. The highest BCUT2D eigenvalue weighted by Crippen LogP contribution is 2.42. The van der Waals surface area contributed by atoms with Gasteiger partial charge in [0, 0.05) is 42.6 Å². The zero-order valence-corrected chi connectivity index (χ0v) is 22.5. The second kappa shape index (κ2) is 12.0. The van der Waals surface area contributed by atoms with Gasteiger partial charge in [-0.25, -0.2) is 13.1 Å². The number of rotatable bonds is 5. The summed E-state index contributed by atoms with van der Waals surface area (Å²) in [5.41, 5.74) is 0.820. The van der Waals surface area contributed by atoms with Gasteiger partial charge in [0.1, 0.15) is 24.3 Å². The number of benzene rings is 1. The summed E-state index contributed by atoms with van der Waals surface area (Å²) in [4.78, 5) is 1.95. The Balaban J connectivity index is 0.00000141. The van der Waals surface area contributed by atoms with E-state index in [4.69, 9.17) is 0 Å². The Hall–Kier alpha value is -1.67. The molecular weight excluding hydrogens is 464 g/mol. The van der Waals surface area contributed by atoms with Gasteiger partial charge in [-0.15, -0.1) is 10.2 Å². The van der Waals surface area contributed by atoms with Gasteiger partial charge >= 0.3 is 0 Å². The fourth-order valence-corrected chi connectivity index (χ4v) is 7.48. The molecule has 2 unspecified atom stereocenters. The lowest BCUT2D eigenvalue weighted by Crippen LogP contribution is -2.37. The molecule has 0 bridgehead atoms. The van der Waals surface area contributed by atoms with Gasteiger partial charge in [-0.1, -0.05) is 52.0 Å². The van der Waals surface area contributed by atoms with Gasteiger partial charge in [0.05, 0.1) is 11.7 Å². The van der Waals surface area contributed by atoms with Crippen LogP contribution < -0.4 is 4.90 Å². The largest absolute Gasteiger partial charge is 0.367 e. The monoisotopic (exact) mass is 505 g/mol. The average Bonchev–Trinajstić information content (AvgIpc) is 3.54. The number of halogens is 2. The predicted molar refractivity (Wildman–Crippen MR) is 140 cm³/mol. The third-order valence-electron chi connectivity index (χ3n) is 7.98. The van der Waals surface area contributed by atoms with E-state index in [0.717, 1.165) is 12.3 Å². The first kappa shape index (κ1) is 26.4. The summed E-state index contributed by atoms with van der Waals surface area (Å²) in [6, 6.07) is 3.37. The Labute approximate surface area is 213 Å². The van der Waals surface area contributed by atoms with Crippen LogP contribution in [-0.4, -0.2) is 43.5 Å². The molecule has 0 amide bonds. The van der Waals surface area contributed by atoms with Gasteiger partial charge in [-0.3, -0.25) is 0 Å². The van der Waals surface area contributed by atoms with Gasteiger partial charge < -0.3 is 9.47 Å². The van der Waals surface area contributed by atoms with Crippen molar-refractivity contribution in [3.63, 3.8) is 0 Å². The van der Waals surface area contributed by atoms with Crippen LogP contribution in [-0.2, 0) is 6.54 Å². The first-order chi connectivity index (χ1) is 17.0. The van der Waals surface area contributed by atoms with Crippen molar-refractivity contribution >= 4 is 17.6 Å². The number of nitrogens with zero attached hydrogens (tertiary/aromatic N) is 5. The van der Waals surface area contributed by atoms with Crippen molar-refractivity contribution in [2.24, 2.45) is 11.8 Å². The Morgan fingerprint density at radius 2 is 1.63 bits per heavy atom. The molecular formula is C27H41F2N5S. The summed E-state index contributed by atoms with van der Waals surface area (Å²) in [6.07, 6.45) is 12.4. The van der Waals surface area contributed by atoms with Crippen LogP contribution in [0.4, 0.5) is 14.5 Å². The first-order valence-electron chi connectivity index (χ1n) is 13.5. The van der Waals surface area contributed by atoms with Crippen LogP contribution in [0.5, 0.6) is 0 Å². The molecule has 3 heterocycles. The van der Waals surface area contributed by atoms with Gasteiger partial charge in [-0.2, -0.15) is 0 Å². The Morgan fingerprint density at radius 3 is 2.34 bits per heavy atom. The molecule has 0 N–H and O–H groups in total. The summed E-state index contributed by atoms with van der Waals surface area (Å²) in [5, 5.41) is 8.40. The van der Waals surface area contributed by atoms with E-state index < -0.39 is 0 Å². The van der Waals surface area contributed by atoms with Gasteiger partial charge in [0.15, 0.2) is 0 Å². The van der Waals surface area contributed by atoms with Crippen molar-refractivity contribution in [2.75, 3.05) is 18.0 Å². The van der Waals surface area contributed by atoms with Crippen molar-refractivity contribution in [3.8, 4) is 0 Å². The molecule has 4 atom stereocenters. The van der Waals surface area contributed by atoms with Crippen molar-refractivity contribution in [1.82, 2.24) is 19.1 Å². The third-order valence-corrected chi connectivity index (χ3v) is 9.63. The number of hydrogen-bond acceptors (Lipinski definition) is 5. The van der Waals surface area contributed by atoms with Crippen LogP contribution in [0.2, 0.25) is 0 Å². The van der Waals surface area contributed by atoms with Crippen molar-refractivity contribution < 1.29 is 8.78 Å². The molecule has 1 aromatic carbocycles. The molecule has 3 aliphatic rings. The maximum Gasteiger partial charge on any atom is 0.147 e. The van der Waals surface area contributed by atoms with Gasteiger partial charge in [0.2, 0.25) is 0 Å². The third kappa shape index (κ3) is 6.01. The molecule has 5 rings (SSSR count). The molecule has 2 saturated heterocycles. The highest BCUT2D eigenvalue weighted by atomic mass is 32.2. The van der Waals surface area contributed by atoms with Crippen LogP contribution in [0.15, 0.2) is 24.8 Å². The van der Waals surface area contributed by atoms with E-state index >= 15 is 8.78 Å². The summed E-state index contributed by atoms with van der Waals surface area (Å²) >= 11 is 1.90. The zero-order valence-electron chi connectivity index (χ0n) is 21.7. The SMILES string of the molecule is CC.CC1CN(c2cc(F)c(CN3S[C@H](C4CCCCC4)CC[C@@H]3C)cc2F)CC1n1cnnc1. The molecule has 0 spiro atoms. The second-order valence-corrected chi connectivity index (χ2v) is 11.6. The van der Waals surface area contributed by atoms with Crippen molar-refractivity contribution in [2.45, 2.75) is 96.5 Å². The second-order valence-electron chi connectivity index (χ2n) is 10.3. The molecule has 35 heavy (non-hydrogen) atoms. The molecule has 1 saturated carbocycles. The lowest BCUT2D eigenvalue weighted by Gasteiger charge is -2.41. The summed E-state index contributed by atoms with van der Waals surface area (Å²) in [5.74, 6) is 0.435. The van der Waals surface area contributed by atoms with E-state index in [2.05, 4.69) is 28.4 Å². The lowest BCUT2D eigenvalue weighted by molar-refractivity contribution is 0.272. The van der Waals surface area contributed by atoms with E-state index in [1.165, 1.54) is 50.7 Å². The molecule has 8 heteroatoms. The molecule has 2 aromatic rings. The highest BCUT2D eigenvalue weighted by Gasteiger charge is 2.34. The summed E-state index contributed by atoms with van der Waals surface area (Å²) in [7, 11) is 0. The molecule has 1 aromatic heterocycles. The lowest BCUT2D eigenvalue weighted by atomic mass is 9.85. The van der Waals surface area contributed by atoms with Crippen LogP contribution in [0.3, 0.4) is 0 Å². The van der Waals surface area contributed by atoms with Crippen LogP contribution in [0, 0.1) is 23.5 Å². The highest BCUT2D eigenvalue weighted by molar-refractivity contribution is 7.97. The number of anilines is 1. The minimum Gasteiger partial charge on any atom is -0.367 e. The summed E-state index contributed by atoms with van der Waals surface area (Å²) in [6.45, 7) is 10.1. The molecule has 194 valence electrons. The van der Waals surface area contributed by atoms with E-state index in [1.807, 2.05) is 35.3 Å². The number of hydrogen-bond donors (Lipinski definition) is 0. The molecule has 5 nitrogen and oxygen atoms in total. The van der Waals surface area contributed by atoms with Crippen LogP contribution >= 0.6 is 11.9 Å². The standard InChI is InChI=1S/C25H35F2N5S.C2H6/c1-17-12-30(14-24(17)31-15-28-29-16-31)23-11-21(26)20(10-22(23)27)13-32-18(2)8-9-25(33-32)19-6-4-3-5-7-19;1-2/h10-11,15-19,24-25H,3-9,12-14H2,1-2H3;1-2H3/t17?,18-,24?,25-;/m0./s1. The minimum absolute atomic E-state index is 0.157. The van der Waals surface area contributed by atoms with Gasteiger partial charge in [0.25, 0.3) is 0 Å². The van der Waals surface area contributed by atoms with Crippen molar-refractivity contribution in [1.29, 1.82) is 0 Å². The molecule has 3 fully saturated rings. The van der Waals surface area contributed by atoms with E-state index in [0.29, 0.717) is 48.1 Å².